The third kappa shape index (κ3) is 27.3. The van der Waals surface area contributed by atoms with Crippen LogP contribution < -0.4 is 68.0 Å². The molecule has 7 aliphatic heterocycles. The summed E-state index contributed by atoms with van der Waals surface area (Å²) in [5, 5.41) is 27.0. The van der Waals surface area contributed by atoms with Crippen molar-refractivity contribution in [3.8, 4) is 46.0 Å². The van der Waals surface area contributed by atoms with Crippen molar-refractivity contribution < 1.29 is 36.2 Å². The Hall–Kier alpha value is -9.49. The van der Waals surface area contributed by atoms with Crippen LogP contribution in [0.1, 0.15) is 124 Å². The van der Waals surface area contributed by atoms with Crippen LogP contribution in [0.2, 0.25) is 0 Å². The van der Waals surface area contributed by atoms with Crippen LogP contribution in [0.3, 0.4) is 0 Å². The van der Waals surface area contributed by atoms with Gasteiger partial charge < -0.3 is 36.2 Å². The molecule has 6 radical (unpaired) electrons. The lowest BCUT2D eigenvalue weighted by Crippen LogP contribution is -2.24. The van der Waals surface area contributed by atoms with Crippen molar-refractivity contribution in [2.24, 2.45) is 20.4 Å². The van der Waals surface area contributed by atoms with Gasteiger partial charge in [0.2, 0.25) is 0 Å². The molecule has 19 rings (SSSR count). The zero-order valence-corrected chi connectivity index (χ0v) is 79.2. The predicted molar refractivity (Wildman–Crippen MR) is 538 cm³/mol. The number of benzene rings is 12. The van der Waals surface area contributed by atoms with Crippen LogP contribution in [-0.2, 0) is 60.1 Å². The Labute approximate surface area is 759 Å². The first-order chi connectivity index (χ1) is 59.4. The highest BCUT2D eigenvalue weighted by atomic mass is 32.5. The maximum atomic E-state index is 6.90. The van der Waals surface area contributed by atoms with Gasteiger partial charge >= 0.3 is 26.6 Å². The first kappa shape index (κ1) is 95.2. The molecule has 0 spiro atoms. The Bertz CT molecular complexity index is 5060. The fraction of sp³-hybridized carbons (Fsp3) is 0.208. The van der Waals surface area contributed by atoms with E-state index in [-0.39, 0.29) is 16.8 Å². The van der Waals surface area contributed by atoms with Crippen LogP contribution in [0.25, 0.3) is 0 Å². The van der Waals surface area contributed by atoms with E-state index >= 15 is 0 Å². The van der Waals surface area contributed by atoms with Gasteiger partial charge in [0, 0.05) is 68.6 Å². The van der Waals surface area contributed by atoms with Crippen LogP contribution in [0.5, 0.6) is 46.0 Å². The smallest absolute Gasteiger partial charge is 0.432 e. The van der Waals surface area contributed by atoms with Crippen molar-refractivity contribution in [2.45, 2.75) is 104 Å². The Morgan fingerprint density at radius 2 is 0.484 bits per heavy atom. The van der Waals surface area contributed by atoms with Crippen LogP contribution in [-0.4, -0.2) is 89.0 Å². The minimum atomic E-state index is -3.75. The molecular formula is C96H102B2N8O8P6S4. The van der Waals surface area contributed by atoms with Crippen molar-refractivity contribution in [2.75, 3.05) is 28.2 Å². The Kier molecular flexibility index (Phi) is 36.2. The highest BCUT2D eigenvalue weighted by Gasteiger charge is 2.34. The lowest BCUT2D eigenvalue weighted by molar-refractivity contribution is 0.383. The molecule has 28 heteroatoms. The van der Waals surface area contributed by atoms with Crippen molar-refractivity contribution in [3.63, 3.8) is 0 Å². The van der Waals surface area contributed by atoms with Gasteiger partial charge in [-0.2, -0.15) is 20.4 Å². The molecular weight excluding hydrogens is 1730 g/mol. The molecule has 0 aliphatic carbocycles. The van der Waals surface area contributed by atoms with Gasteiger partial charge in [0.25, 0.3) is 0 Å². The number of hydrazone groups is 4. The van der Waals surface area contributed by atoms with Gasteiger partial charge in [-0.15, -0.1) is 0 Å². The van der Waals surface area contributed by atoms with Gasteiger partial charge in [-0.05, 0) is 276 Å². The van der Waals surface area contributed by atoms with Crippen molar-refractivity contribution in [3.05, 3.63) is 349 Å². The van der Waals surface area contributed by atoms with Gasteiger partial charge in [0.15, 0.2) is 0 Å². The van der Waals surface area contributed by atoms with E-state index in [9.17, 15) is 0 Å². The summed E-state index contributed by atoms with van der Waals surface area (Å²) in [6, 6.07) is 104. The number of aryl methyl sites for hydroxylation is 2. The molecule has 7 aliphatic rings. The summed E-state index contributed by atoms with van der Waals surface area (Å²) >= 11 is 26.0. The average Bonchev–Trinajstić information content (AvgIpc) is 0.813. The van der Waals surface area contributed by atoms with E-state index in [4.69, 9.17) is 104 Å². The Morgan fingerprint density at radius 3 is 0.734 bits per heavy atom. The van der Waals surface area contributed by atoms with Crippen LogP contribution in [0.15, 0.2) is 336 Å². The van der Waals surface area contributed by atoms with E-state index in [1.165, 1.54) is 96.6 Å². The standard InChI is InChI=1S/C96H102N8O8P6S4.2B/c1-7-9-11-13-15-21-31-77-41-53-83(54-42-77)105-115(119)101(3)97-73-79-45-57-85(58-46-79)107-117(121,111-89-65-69-95(70-66-89)113(91-33-23-17-24-34-91)92-35-25-18-26-36-92)109-87-61-49-81(50-62-87)75-99-103(5)116(120,106-84-55-43-78(44-56-84)32-22-16-14-12-10-8-2)104(6)100-76-82-51-63-88(64-52-82)110-118(122,108-86-59-47-80(48-60-86)74-98-102(115)4)112-90-67-71-96(72-68-90)114(93-37-27-19-28-38-93)94-39-29-20-30-40-94;;/h17-20,23-30,33-76H,7-16,21-22,31-32H2,1-6H3;;/b97-73-,98-74-,99-75-,100-76+;;. The van der Waals surface area contributed by atoms with Crippen molar-refractivity contribution in [1.29, 1.82) is 0 Å². The third-order valence-corrected chi connectivity index (χ3v) is 36.3. The largest absolute Gasteiger partial charge is 0.490 e. The normalized spacial score (nSPS) is 18.5. The monoisotopic (exact) mass is 1830 g/mol. The maximum absolute atomic E-state index is 6.90. The molecule has 0 amide bonds. The Morgan fingerprint density at radius 1 is 0.266 bits per heavy atom. The van der Waals surface area contributed by atoms with Gasteiger partial charge in [-0.3, -0.25) is 0 Å². The van der Waals surface area contributed by atoms with E-state index in [0.29, 0.717) is 46.0 Å². The molecule has 0 aromatic heterocycles. The summed E-state index contributed by atoms with van der Waals surface area (Å²) < 4.78 is 61.0. The molecule has 124 heavy (non-hydrogen) atoms. The fourth-order valence-electron chi connectivity index (χ4n) is 13.3. The number of rotatable bonds is 28. The molecule has 12 aromatic rings. The van der Waals surface area contributed by atoms with E-state index in [1.807, 2.05) is 170 Å². The highest BCUT2D eigenvalue weighted by Crippen LogP contribution is 2.56. The van der Waals surface area contributed by atoms with Gasteiger partial charge in [0.1, 0.15) is 46.0 Å². The Balaban J connectivity index is 0.00000748. The van der Waals surface area contributed by atoms with Crippen LogP contribution >= 0.6 is 42.4 Å². The summed E-state index contributed by atoms with van der Waals surface area (Å²) in [6.07, 6.45) is 23.4. The SMILES string of the molecule is CCCCCCCCc1ccc(OP2(=S)N(C)/N=C\c3ccc(cc3)OP(=S)(Oc3ccc(P(c4ccccc4)c4ccccc4)cc3)Oc3ccc(cc3)/C=N\N(C)P(=S)(Oc3ccc(CCCCCCCC)cc3)N(C)/N=C/c3ccc(cc3)OP(=S)(Oc3ccc(P(c4ccccc4)c4ccccc4)cc3)Oc3ccc(cc3)/C=N\N2C)cc1.[B].[B]. The molecule has 0 N–H and O–H groups in total. The van der Waals surface area contributed by atoms with E-state index < -0.39 is 42.4 Å². The summed E-state index contributed by atoms with van der Waals surface area (Å²) in [4.78, 5) is 0. The molecule has 7 heterocycles. The highest BCUT2D eigenvalue weighted by molar-refractivity contribution is 8.10. The minimum absolute atomic E-state index is 0. The zero-order chi connectivity index (χ0) is 85.0. The number of unbranched alkanes of at least 4 members (excludes halogenated alkanes) is 10. The van der Waals surface area contributed by atoms with Crippen LogP contribution in [0.4, 0.5) is 0 Å². The molecule has 12 aromatic carbocycles. The lowest BCUT2D eigenvalue weighted by Gasteiger charge is -2.34. The van der Waals surface area contributed by atoms with Crippen molar-refractivity contribution >= 4 is 163 Å². The summed E-state index contributed by atoms with van der Waals surface area (Å²) in [5.74, 6) is 3.75. The molecule has 4 unspecified atom stereocenters. The average molecular weight is 1830 g/mol. The lowest BCUT2D eigenvalue weighted by atomic mass is 10.1. The molecule has 8 bridgehead atoms. The minimum Gasteiger partial charge on any atom is -0.432 e. The molecule has 4 atom stereocenters. The molecule has 0 fully saturated rings. The molecule has 0 saturated carbocycles. The number of hydrogen-bond acceptors (Lipinski definition) is 16. The number of hydrogen-bond donors (Lipinski definition) is 0. The van der Waals surface area contributed by atoms with Gasteiger partial charge in [-0.1, -0.05) is 248 Å². The first-order valence-electron chi connectivity index (χ1n) is 41.1. The summed E-state index contributed by atoms with van der Waals surface area (Å²) in [6.45, 7) is -9.68. The predicted octanol–water partition coefficient (Wildman–Crippen LogP) is 23.2. The first-order valence-corrected chi connectivity index (χ1v) is 54.1. The summed E-state index contributed by atoms with van der Waals surface area (Å²) in [5.41, 5.74) is 5.37. The van der Waals surface area contributed by atoms with E-state index in [1.54, 1.807) is 72.2 Å². The second-order valence-corrected chi connectivity index (χ2v) is 46.6. The maximum Gasteiger partial charge on any atom is 0.490 e. The van der Waals surface area contributed by atoms with Crippen molar-refractivity contribution in [1.82, 2.24) is 19.1 Å². The van der Waals surface area contributed by atoms with Gasteiger partial charge in [0.05, 0.1) is 24.9 Å². The van der Waals surface area contributed by atoms with Gasteiger partial charge in [-0.25, -0.2) is 19.1 Å². The quantitative estimate of drug-likeness (QED) is 0.0261. The van der Waals surface area contributed by atoms with E-state index in [2.05, 4.69) is 159 Å². The summed E-state index contributed by atoms with van der Waals surface area (Å²) in [7, 11) is 5.40. The topological polar surface area (TPSA) is 136 Å². The van der Waals surface area contributed by atoms with E-state index in [0.717, 1.165) is 58.5 Å². The molecule has 16 nitrogen and oxygen atoms in total. The molecule has 0 saturated heterocycles. The fourth-order valence-corrected chi connectivity index (χ4v) is 25.6. The second kappa shape index (κ2) is 47.2. The zero-order valence-electron chi connectivity index (χ0n) is 70.5. The number of nitrogens with zero attached hydrogens (tertiary/aromatic N) is 8. The van der Waals surface area contributed by atoms with Crippen LogP contribution in [0, 0.1) is 0 Å². The third-order valence-electron chi connectivity index (χ3n) is 20.0. The molecule has 634 valence electrons. The second-order valence-electron chi connectivity index (χ2n) is 29.1.